The first-order chi connectivity index (χ1) is 7.77. The molecular formula is C13H19BO2. The third kappa shape index (κ3) is 2.31. The van der Waals surface area contributed by atoms with Crippen LogP contribution in [0.2, 0.25) is 6.82 Å². The van der Waals surface area contributed by atoms with Gasteiger partial charge in [-0.2, -0.15) is 0 Å². The minimum atomic E-state index is -0.212. The fourth-order valence-corrected chi connectivity index (χ4v) is 2.27. The Bertz CT molecular complexity index is 328. The van der Waals surface area contributed by atoms with Crippen LogP contribution in [0.5, 0.6) is 0 Å². The van der Waals surface area contributed by atoms with Crippen LogP contribution in [-0.4, -0.2) is 13.7 Å². The summed E-state index contributed by atoms with van der Waals surface area (Å²) in [5, 5.41) is 0. The zero-order valence-electron chi connectivity index (χ0n) is 10.1. The second-order valence-electron chi connectivity index (χ2n) is 4.46. The van der Waals surface area contributed by atoms with E-state index in [0.29, 0.717) is 6.61 Å². The van der Waals surface area contributed by atoms with Gasteiger partial charge in [0, 0.05) is 0 Å². The highest BCUT2D eigenvalue weighted by Gasteiger charge is 2.42. The van der Waals surface area contributed by atoms with Gasteiger partial charge < -0.3 is 9.31 Å². The smallest absolute Gasteiger partial charge is 0.408 e. The summed E-state index contributed by atoms with van der Waals surface area (Å²) in [4.78, 5) is 0. The lowest BCUT2D eigenvalue weighted by molar-refractivity contribution is 0.0766. The largest absolute Gasteiger partial charge is 0.454 e. The van der Waals surface area contributed by atoms with E-state index in [4.69, 9.17) is 9.31 Å². The van der Waals surface area contributed by atoms with E-state index in [1.807, 2.05) is 12.9 Å². The van der Waals surface area contributed by atoms with Gasteiger partial charge in [0.2, 0.25) is 0 Å². The molecule has 0 N–H and O–H groups in total. The summed E-state index contributed by atoms with van der Waals surface area (Å²) in [6.45, 7) is 4.85. The van der Waals surface area contributed by atoms with Gasteiger partial charge in [0.15, 0.2) is 0 Å². The molecule has 1 heterocycles. The van der Waals surface area contributed by atoms with E-state index < -0.39 is 0 Å². The summed E-state index contributed by atoms with van der Waals surface area (Å²) in [6, 6.07) is 10.4. The van der Waals surface area contributed by atoms with Crippen LogP contribution in [0.1, 0.15) is 31.7 Å². The van der Waals surface area contributed by atoms with E-state index >= 15 is 0 Å². The maximum Gasteiger partial charge on any atom is 0.454 e. The third-order valence-electron chi connectivity index (χ3n) is 3.18. The number of benzene rings is 1. The monoisotopic (exact) mass is 218 g/mol. The van der Waals surface area contributed by atoms with Crippen molar-refractivity contribution in [2.45, 2.75) is 38.6 Å². The summed E-state index contributed by atoms with van der Waals surface area (Å²) in [7, 11) is -0.0861. The van der Waals surface area contributed by atoms with Crippen molar-refractivity contribution in [1.82, 2.24) is 0 Å². The Morgan fingerprint density at radius 3 is 2.62 bits per heavy atom. The van der Waals surface area contributed by atoms with E-state index in [-0.39, 0.29) is 12.7 Å². The molecule has 1 fully saturated rings. The zero-order chi connectivity index (χ0) is 11.4. The lowest BCUT2D eigenvalue weighted by Gasteiger charge is -2.28. The zero-order valence-corrected chi connectivity index (χ0v) is 10.1. The summed E-state index contributed by atoms with van der Waals surface area (Å²) < 4.78 is 11.6. The van der Waals surface area contributed by atoms with Crippen LogP contribution in [0.4, 0.5) is 0 Å². The first kappa shape index (κ1) is 11.7. The highest BCUT2D eigenvalue weighted by atomic mass is 16.7. The molecule has 1 aliphatic heterocycles. The van der Waals surface area contributed by atoms with Gasteiger partial charge in [-0.05, 0) is 18.8 Å². The van der Waals surface area contributed by atoms with Crippen molar-refractivity contribution in [3.8, 4) is 0 Å². The van der Waals surface area contributed by atoms with E-state index in [0.717, 1.165) is 6.42 Å². The summed E-state index contributed by atoms with van der Waals surface area (Å²) in [5.74, 6) is 0. The van der Waals surface area contributed by atoms with Crippen LogP contribution in [0.25, 0.3) is 0 Å². The van der Waals surface area contributed by atoms with Crippen LogP contribution >= 0.6 is 0 Å². The summed E-state index contributed by atoms with van der Waals surface area (Å²) in [5.41, 5.74) is 1.03. The molecule has 1 atom stereocenters. The summed E-state index contributed by atoms with van der Waals surface area (Å²) in [6.07, 6.45) is 3.40. The van der Waals surface area contributed by atoms with Crippen LogP contribution in [0.3, 0.4) is 0 Å². The van der Waals surface area contributed by atoms with Crippen LogP contribution < -0.4 is 0 Å². The van der Waals surface area contributed by atoms with Gasteiger partial charge in [-0.3, -0.25) is 0 Å². The molecule has 0 aromatic heterocycles. The Kier molecular flexibility index (Phi) is 3.67. The lowest BCUT2D eigenvalue weighted by Crippen LogP contribution is -2.29. The highest BCUT2D eigenvalue weighted by Crippen LogP contribution is 2.36. The quantitative estimate of drug-likeness (QED) is 0.722. The summed E-state index contributed by atoms with van der Waals surface area (Å²) >= 11 is 0. The molecule has 1 aromatic carbocycles. The second-order valence-corrected chi connectivity index (χ2v) is 4.46. The average Bonchev–Trinajstić information content (AvgIpc) is 2.71. The molecule has 0 aliphatic carbocycles. The van der Waals surface area contributed by atoms with E-state index in [1.165, 1.54) is 18.4 Å². The minimum absolute atomic E-state index is 0.0861. The van der Waals surface area contributed by atoms with Gasteiger partial charge in [0.25, 0.3) is 0 Å². The van der Waals surface area contributed by atoms with Crippen LogP contribution in [0.15, 0.2) is 30.3 Å². The van der Waals surface area contributed by atoms with Gasteiger partial charge in [-0.15, -0.1) is 0 Å². The number of hydrogen-bond donors (Lipinski definition) is 0. The standard InChI is InChI=1S/C13H19BO2/c1-3-4-10-13(11-15-14(2)16-13)12-8-6-5-7-9-12/h5-9H,3-4,10-11H2,1-2H3/t13-/m1/s1. The molecule has 0 saturated carbocycles. The molecule has 1 saturated heterocycles. The maximum absolute atomic E-state index is 6.01. The SMILES string of the molecule is CCCC[C@]1(c2ccccc2)COB(C)O1. The molecule has 0 amide bonds. The van der Waals surface area contributed by atoms with Gasteiger partial charge in [-0.25, -0.2) is 0 Å². The molecule has 1 aromatic rings. The predicted molar refractivity (Wildman–Crippen MR) is 66.3 cm³/mol. The predicted octanol–water partition coefficient (Wildman–Crippen LogP) is 3.24. The average molecular weight is 218 g/mol. The van der Waals surface area contributed by atoms with Crippen molar-refractivity contribution < 1.29 is 9.31 Å². The lowest BCUT2D eigenvalue weighted by atomic mass is 9.88. The highest BCUT2D eigenvalue weighted by molar-refractivity contribution is 6.43. The maximum atomic E-state index is 6.01. The fourth-order valence-electron chi connectivity index (χ4n) is 2.27. The van der Waals surface area contributed by atoms with Crippen molar-refractivity contribution in [3.05, 3.63) is 35.9 Å². The van der Waals surface area contributed by atoms with Crippen LogP contribution in [-0.2, 0) is 14.9 Å². The molecule has 0 spiro atoms. The molecule has 2 rings (SSSR count). The topological polar surface area (TPSA) is 18.5 Å². The van der Waals surface area contributed by atoms with Gasteiger partial charge >= 0.3 is 7.12 Å². The number of rotatable bonds is 4. The van der Waals surface area contributed by atoms with Crippen molar-refractivity contribution in [2.24, 2.45) is 0 Å². The molecule has 1 aliphatic rings. The van der Waals surface area contributed by atoms with Crippen molar-refractivity contribution in [2.75, 3.05) is 6.61 Å². The minimum Gasteiger partial charge on any atom is -0.408 e. The number of unbranched alkanes of at least 4 members (excludes halogenated alkanes) is 1. The molecule has 0 radical (unpaired) electrons. The van der Waals surface area contributed by atoms with E-state index in [2.05, 4.69) is 31.2 Å². The molecule has 0 unspecified atom stereocenters. The Balaban J connectivity index is 2.21. The second kappa shape index (κ2) is 5.02. The Morgan fingerprint density at radius 1 is 1.31 bits per heavy atom. The number of hydrogen-bond acceptors (Lipinski definition) is 2. The first-order valence-electron chi connectivity index (χ1n) is 6.12. The molecule has 2 nitrogen and oxygen atoms in total. The van der Waals surface area contributed by atoms with Crippen molar-refractivity contribution >= 4 is 7.12 Å². The van der Waals surface area contributed by atoms with E-state index in [1.54, 1.807) is 0 Å². The van der Waals surface area contributed by atoms with Gasteiger partial charge in [0.05, 0.1) is 6.61 Å². The normalized spacial score (nSPS) is 25.0. The fraction of sp³-hybridized carbons (Fsp3) is 0.538. The molecule has 0 bridgehead atoms. The van der Waals surface area contributed by atoms with Gasteiger partial charge in [0.1, 0.15) is 5.60 Å². The molecule has 3 heteroatoms. The molecular weight excluding hydrogens is 199 g/mol. The van der Waals surface area contributed by atoms with Gasteiger partial charge in [-0.1, -0.05) is 50.1 Å². The third-order valence-corrected chi connectivity index (χ3v) is 3.18. The molecule has 86 valence electrons. The van der Waals surface area contributed by atoms with Crippen LogP contribution in [0, 0.1) is 0 Å². The van der Waals surface area contributed by atoms with Crippen molar-refractivity contribution in [1.29, 1.82) is 0 Å². The Hall–Kier alpha value is -0.795. The Morgan fingerprint density at radius 2 is 2.06 bits per heavy atom. The first-order valence-corrected chi connectivity index (χ1v) is 6.12. The van der Waals surface area contributed by atoms with Crippen molar-refractivity contribution in [3.63, 3.8) is 0 Å². The van der Waals surface area contributed by atoms with E-state index in [9.17, 15) is 0 Å². The molecule has 16 heavy (non-hydrogen) atoms. The Labute approximate surface area is 98.1 Å².